The monoisotopic (exact) mass is 472 g/mol. The summed E-state index contributed by atoms with van der Waals surface area (Å²) in [6.45, 7) is 0.927. The Bertz CT molecular complexity index is 1310. The third kappa shape index (κ3) is 3.40. The number of aromatic nitrogens is 1. The van der Waals surface area contributed by atoms with Gasteiger partial charge in [-0.1, -0.05) is 23.2 Å². The van der Waals surface area contributed by atoms with Gasteiger partial charge in [0.05, 0.1) is 20.5 Å². The summed E-state index contributed by atoms with van der Waals surface area (Å²) in [5, 5.41) is 12.5. The number of non-ortho nitro benzene ring substituents is 1. The van der Waals surface area contributed by atoms with Gasteiger partial charge in [0.1, 0.15) is 0 Å². The summed E-state index contributed by atoms with van der Waals surface area (Å²) in [6.07, 6.45) is 1.84. The molecular formula is C22H18Cl2N4O4. The topological polar surface area (TPSA) is 88.7 Å². The second-order valence-corrected chi connectivity index (χ2v) is 8.90. The predicted molar refractivity (Wildman–Crippen MR) is 123 cm³/mol. The summed E-state index contributed by atoms with van der Waals surface area (Å²) in [5.41, 5.74) is 0.764. The maximum Gasteiger partial charge on any atom is 0.331 e. The van der Waals surface area contributed by atoms with Crippen LogP contribution in [0, 0.1) is 10.1 Å². The van der Waals surface area contributed by atoms with Crippen molar-refractivity contribution in [3.63, 3.8) is 0 Å². The van der Waals surface area contributed by atoms with Crippen molar-refractivity contribution in [2.75, 3.05) is 18.0 Å². The lowest BCUT2D eigenvalue weighted by molar-refractivity contribution is -0.384. The van der Waals surface area contributed by atoms with E-state index in [9.17, 15) is 19.7 Å². The van der Waals surface area contributed by atoms with Crippen LogP contribution in [-0.4, -0.2) is 45.6 Å². The van der Waals surface area contributed by atoms with Gasteiger partial charge in [0.25, 0.3) is 11.2 Å². The highest BCUT2D eigenvalue weighted by Gasteiger charge is 2.42. The standard InChI is InChI=1S/C22H18Cl2N4O4/c23-18-6-4-14(10-19(18)24)26-16-2-3-17(26)12-25(11-16)22(30)27-20-7-5-15(28(31)32)9-13(20)1-8-21(27)29/h1,4-10,16-17H,2-3,11-12H2. The fourth-order valence-electron chi connectivity index (χ4n) is 4.81. The zero-order chi connectivity index (χ0) is 22.6. The number of carbonyl (C=O) groups excluding carboxylic acids is 1. The van der Waals surface area contributed by atoms with Crippen LogP contribution in [0.15, 0.2) is 53.3 Å². The second-order valence-electron chi connectivity index (χ2n) is 8.09. The van der Waals surface area contributed by atoms with E-state index < -0.39 is 16.5 Å². The Hall–Kier alpha value is -3.10. The van der Waals surface area contributed by atoms with Gasteiger partial charge in [-0.05, 0) is 43.2 Å². The zero-order valence-electron chi connectivity index (χ0n) is 16.8. The van der Waals surface area contributed by atoms with Crippen LogP contribution in [0.3, 0.4) is 0 Å². The van der Waals surface area contributed by atoms with E-state index in [4.69, 9.17) is 23.2 Å². The van der Waals surface area contributed by atoms with Gasteiger partial charge >= 0.3 is 6.03 Å². The molecule has 2 aliphatic heterocycles. The smallest absolute Gasteiger partial charge is 0.331 e. The second kappa shape index (κ2) is 7.79. The summed E-state index contributed by atoms with van der Waals surface area (Å²) >= 11 is 12.3. The van der Waals surface area contributed by atoms with Gasteiger partial charge < -0.3 is 9.80 Å². The highest BCUT2D eigenvalue weighted by atomic mass is 35.5. The molecule has 2 saturated heterocycles. The highest BCUT2D eigenvalue weighted by molar-refractivity contribution is 6.42. The number of benzene rings is 2. The molecule has 32 heavy (non-hydrogen) atoms. The van der Waals surface area contributed by atoms with Gasteiger partial charge in [0.2, 0.25) is 0 Å². The largest absolute Gasteiger partial charge is 0.362 e. The number of likely N-dealkylation sites (tertiary alicyclic amines) is 1. The Balaban J connectivity index is 1.46. The number of halogens is 2. The number of hydrogen-bond acceptors (Lipinski definition) is 5. The van der Waals surface area contributed by atoms with Crippen LogP contribution in [0.1, 0.15) is 12.8 Å². The first-order chi connectivity index (χ1) is 15.3. The Kier molecular flexibility index (Phi) is 5.06. The van der Waals surface area contributed by atoms with E-state index in [0.717, 1.165) is 23.1 Å². The minimum atomic E-state index is -0.503. The lowest BCUT2D eigenvalue weighted by Gasteiger charge is -2.42. The number of pyridine rings is 1. The quantitative estimate of drug-likeness (QED) is 0.403. The first-order valence-corrected chi connectivity index (χ1v) is 10.9. The van der Waals surface area contributed by atoms with Crippen LogP contribution in [0.4, 0.5) is 16.2 Å². The van der Waals surface area contributed by atoms with Crippen LogP contribution < -0.4 is 10.5 Å². The lowest BCUT2D eigenvalue weighted by atomic mass is 10.1. The average Bonchev–Trinajstić information content (AvgIpc) is 3.03. The molecule has 2 aliphatic rings. The van der Waals surface area contributed by atoms with Crippen molar-refractivity contribution in [3.8, 4) is 0 Å². The van der Waals surface area contributed by atoms with Crippen LogP contribution >= 0.6 is 23.2 Å². The van der Waals surface area contributed by atoms with Crippen LogP contribution in [0.2, 0.25) is 10.0 Å². The number of anilines is 1. The first kappa shape index (κ1) is 20.8. The summed E-state index contributed by atoms with van der Waals surface area (Å²) in [5.74, 6) is 0. The fourth-order valence-corrected chi connectivity index (χ4v) is 5.10. The van der Waals surface area contributed by atoms with E-state index in [0.29, 0.717) is 34.0 Å². The SMILES string of the molecule is O=C(N1CC2CCC(C1)N2c1ccc(Cl)c(Cl)c1)n1c(=O)ccc2cc([N+](=O)[O-])ccc21. The molecule has 1 aromatic heterocycles. The van der Waals surface area contributed by atoms with Crippen LogP contribution in [0.25, 0.3) is 10.9 Å². The molecule has 5 rings (SSSR count). The number of amides is 1. The molecule has 2 atom stereocenters. The van der Waals surface area contributed by atoms with Gasteiger partial charge in [-0.15, -0.1) is 0 Å². The van der Waals surface area contributed by atoms with E-state index in [1.807, 2.05) is 12.1 Å². The van der Waals surface area contributed by atoms with Crippen LogP contribution in [0.5, 0.6) is 0 Å². The molecule has 8 nitrogen and oxygen atoms in total. The molecule has 0 N–H and O–H groups in total. The number of carbonyl (C=O) groups is 1. The minimum absolute atomic E-state index is 0.0940. The number of nitro groups is 1. The van der Waals surface area contributed by atoms with E-state index in [1.54, 1.807) is 11.0 Å². The van der Waals surface area contributed by atoms with Crippen molar-refractivity contribution >= 4 is 51.5 Å². The molecule has 164 valence electrons. The van der Waals surface area contributed by atoms with Gasteiger partial charge in [-0.3, -0.25) is 14.9 Å². The molecule has 0 saturated carbocycles. The lowest BCUT2D eigenvalue weighted by Crippen LogP contribution is -2.57. The fraction of sp³-hybridized carbons (Fsp3) is 0.273. The van der Waals surface area contributed by atoms with Crippen LogP contribution in [-0.2, 0) is 0 Å². The number of nitro benzene ring substituents is 1. The number of piperazine rings is 1. The van der Waals surface area contributed by atoms with Gasteiger partial charge in [-0.2, -0.15) is 0 Å². The zero-order valence-corrected chi connectivity index (χ0v) is 18.3. The molecule has 10 heteroatoms. The van der Waals surface area contributed by atoms with E-state index >= 15 is 0 Å². The maximum atomic E-state index is 13.4. The minimum Gasteiger partial charge on any atom is -0.362 e. The maximum absolute atomic E-state index is 13.4. The van der Waals surface area contributed by atoms with Crippen molar-refractivity contribution in [1.82, 2.24) is 9.47 Å². The van der Waals surface area contributed by atoms with Gasteiger partial charge in [0, 0.05) is 54.4 Å². The third-order valence-electron chi connectivity index (χ3n) is 6.23. The Morgan fingerprint density at radius 3 is 2.34 bits per heavy atom. The van der Waals surface area contributed by atoms with Crippen molar-refractivity contribution < 1.29 is 9.72 Å². The molecule has 3 aromatic rings. The molecule has 2 fully saturated rings. The van der Waals surface area contributed by atoms with Gasteiger partial charge in [0.15, 0.2) is 0 Å². The summed E-state index contributed by atoms with van der Waals surface area (Å²) in [4.78, 5) is 40.6. The molecule has 1 amide bonds. The summed E-state index contributed by atoms with van der Waals surface area (Å²) in [7, 11) is 0. The van der Waals surface area contributed by atoms with E-state index in [-0.39, 0.29) is 17.8 Å². The molecule has 0 spiro atoms. The van der Waals surface area contributed by atoms with E-state index in [2.05, 4.69) is 4.90 Å². The molecule has 0 aliphatic carbocycles. The molecule has 0 radical (unpaired) electrons. The summed E-state index contributed by atoms with van der Waals surface area (Å²) in [6, 6.07) is 12.2. The van der Waals surface area contributed by atoms with E-state index in [1.165, 1.54) is 30.3 Å². The Labute approximate surface area is 192 Å². The van der Waals surface area contributed by atoms with Crippen molar-refractivity contribution in [2.24, 2.45) is 0 Å². The molecular weight excluding hydrogens is 455 g/mol. The molecule has 2 bridgehead atoms. The van der Waals surface area contributed by atoms with Crippen molar-refractivity contribution in [1.29, 1.82) is 0 Å². The first-order valence-electron chi connectivity index (χ1n) is 10.2. The average molecular weight is 473 g/mol. The highest BCUT2D eigenvalue weighted by Crippen LogP contribution is 2.37. The number of nitrogens with zero attached hydrogens (tertiary/aromatic N) is 4. The molecule has 2 unspecified atom stereocenters. The normalized spacial score (nSPS) is 20.1. The number of hydrogen-bond donors (Lipinski definition) is 0. The Morgan fingerprint density at radius 2 is 1.69 bits per heavy atom. The molecule has 2 aromatic carbocycles. The van der Waals surface area contributed by atoms with Crippen molar-refractivity contribution in [3.05, 3.63) is 79.0 Å². The number of rotatable bonds is 2. The summed E-state index contributed by atoms with van der Waals surface area (Å²) < 4.78 is 1.10. The number of fused-ring (bicyclic) bond motifs is 3. The van der Waals surface area contributed by atoms with Gasteiger partial charge in [-0.25, -0.2) is 9.36 Å². The third-order valence-corrected chi connectivity index (χ3v) is 6.97. The molecule has 3 heterocycles. The predicted octanol–water partition coefficient (Wildman–Crippen LogP) is 4.54. The Morgan fingerprint density at radius 1 is 0.969 bits per heavy atom. The van der Waals surface area contributed by atoms with Crippen molar-refractivity contribution in [2.45, 2.75) is 24.9 Å².